The van der Waals surface area contributed by atoms with Crippen molar-refractivity contribution in [3.8, 4) is 10.6 Å². The second-order valence-corrected chi connectivity index (χ2v) is 7.64. The van der Waals surface area contributed by atoms with Gasteiger partial charge in [-0.05, 0) is 39.0 Å². The molecule has 0 spiro atoms. The smallest absolute Gasteiger partial charge is 0.272 e. The number of hydrogen-bond acceptors (Lipinski definition) is 7. The molecule has 3 rings (SSSR count). The van der Waals surface area contributed by atoms with Crippen LogP contribution in [0.2, 0.25) is 0 Å². The summed E-state index contributed by atoms with van der Waals surface area (Å²) in [5, 5.41) is 18.9. The maximum atomic E-state index is 12.3. The van der Waals surface area contributed by atoms with E-state index in [1.54, 1.807) is 13.0 Å². The molecule has 10 heteroatoms. The van der Waals surface area contributed by atoms with E-state index in [4.69, 9.17) is 0 Å². The van der Waals surface area contributed by atoms with Gasteiger partial charge in [0, 0.05) is 29.8 Å². The predicted octanol–water partition coefficient (Wildman–Crippen LogP) is 2.63. The van der Waals surface area contributed by atoms with Crippen LogP contribution in [0.15, 0.2) is 35.1 Å². The third-order valence-corrected chi connectivity index (χ3v) is 5.36. The SMILES string of the molecule is Cc1nc(C)c(-c2ccc(=O)n(CCNC(=O)c3ccc([N+](=O)[O-])c(C)c3)n2)s1. The Bertz CT molecular complexity index is 1150. The summed E-state index contributed by atoms with van der Waals surface area (Å²) in [6, 6.07) is 7.28. The minimum absolute atomic E-state index is 0.0392. The normalized spacial score (nSPS) is 10.7. The van der Waals surface area contributed by atoms with E-state index in [0.717, 1.165) is 15.6 Å². The molecule has 3 aromatic rings. The zero-order chi connectivity index (χ0) is 21.1. The van der Waals surface area contributed by atoms with E-state index in [0.29, 0.717) is 16.8 Å². The lowest BCUT2D eigenvalue weighted by atomic mass is 10.1. The molecular formula is C19H19N5O4S. The summed E-state index contributed by atoms with van der Waals surface area (Å²) in [4.78, 5) is 40.1. The van der Waals surface area contributed by atoms with E-state index < -0.39 is 4.92 Å². The molecule has 150 valence electrons. The average Bonchev–Trinajstić information content (AvgIpc) is 3.00. The summed E-state index contributed by atoms with van der Waals surface area (Å²) in [6.07, 6.45) is 0. The third kappa shape index (κ3) is 4.54. The first-order valence-corrected chi connectivity index (χ1v) is 9.63. The minimum Gasteiger partial charge on any atom is -0.350 e. The van der Waals surface area contributed by atoms with Crippen molar-refractivity contribution in [2.45, 2.75) is 27.3 Å². The number of hydrogen-bond donors (Lipinski definition) is 1. The quantitative estimate of drug-likeness (QED) is 0.490. The van der Waals surface area contributed by atoms with Gasteiger partial charge in [0.25, 0.3) is 17.2 Å². The molecule has 0 aliphatic carbocycles. The summed E-state index contributed by atoms with van der Waals surface area (Å²) >= 11 is 1.51. The number of aromatic nitrogens is 3. The van der Waals surface area contributed by atoms with Crippen LogP contribution in [-0.2, 0) is 6.54 Å². The molecular weight excluding hydrogens is 394 g/mol. The fourth-order valence-electron chi connectivity index (χ4n) is 2.88. The van der Waals surface area contributed by atoms with Crippen LogP contribution in [0, 0.1) is 30.9 Å². The second kappa shape index (κ2) is 8.31. The van der Waals surface area contributed by atoms with Gasteiger partial charge in [-0.3, -0.25) is 19.7 Å². The Morgan fingerprint density at radius 3 is 2.62 bits per heavy atom. The lowest BCUT2D eigenvalue weighted by Gasteiger charge is -2.09. The maximum absolute atomic E-state index is 12.3. The van der Waals surface area contributed by atoms with Crippen LogP contribution in [0.4, 0.5) is 5.69 Å². The van der Waals surface area contributed by atoms with Gasteiger partial charge in [0.1, 0.15) is 5.69 Å². The van der Waals surface area contributed by atoms with E-state index in [1.165, 1.54) is 40.3 Å². The van der Waals surface area contributed by atoms with Gasteiger partial charge in [0.2, 0.25) is 0 Å². The van der Waals surface area contributed by atoms with Crippen LogP contribution in [0.3, 0.4) is 0 Å². The fraction of sp³-hybridized carbons (Fsp3) is 0.263. The first-order chi connectivity index (χ1) is 13.8. The molecule has 0 unspecified atom stereocenters. The molecule has 9 nitrogen and oxygen atoms in total. The summed E-state index contributed by atoms with van der Waals surface area (Å²) in [7, 11) is 0. The largest absolute Gasteiger partial charge is 0.350 e. The molecule has 0 atom stereocenters. The highest BCUT2D eigenvalue weighted by Gasteiger charge is 2.14. The number of amides is 1. The molecule has 0 radical (unpaired) electrons. The average molecular weight is 413 g/mol. The Labute approximate surface area is 170 Å². The number of rotatable bonds is 6. The fourth-order valence-corrected chi connectivity index (χ4v) is 3.76. The Balaban J connectivity index is 1.69. The van der Waals surface area contributed by atoms with Crippen molar-refractivity contribution in [3.63, 3.8) is 0 Å². The molecule has 0 saturated heterocycles. The predicted molar refractivity (Wildman–Crippen MR) is 109 cm³/mol. The summed E-state index contributed by atoms with van der Waals surface area (Å²) in [6.45, 7) is 5.76. The number of nitrogens with zero attached hydrogens (tertiary/aromatic N) is 4. The standard InChI is InChI=1S/C19H19N5O4S/c1-11-10-14(4-6-16(11)24(27)28)19(26)20-8-9-23-17(25)7-5-15(22-23)18-12(2)21-13(3)29-18/h4-7,10H,8-9H2,1-3H3,(H,20,26). The van der Waals surface area contributed by atoms with Crippen molar-refractivity contribution >= 4 is 22.9 Å². The molecule has 1 N–H and O–H groups in total. The van der Waals surface area contributed by atoms with Crippen LogP contribution in [-0.4, -0.2) is 32.1 Å². The second-order valence-electron chi connectivity index (χ2n) is 6.44. The number of nitro benzene ring substituents is 1. The van der Waals surface area contributed by atoms with Gasteiger partial charge in [-0.1, -0.05) is 0 Å². The van der Waals surface area contributed by atoms with Crippen molar-refractivity contribution < 1.29 is 9.72 Å². The van der Waals surface area contributed by atoms with Crippen molar-refractivity contribution in [2.75, 3.05) is 6.54 Å². The van der Waals surface area contributed by atoms with Crippen molar-refractivity contribution in [2.24, 2.45) is 0 Å². The van der Waals surface area contributed by atoms with Gasteiger partial charge in [-0.25, -0.2) is 9.67 Å². The Morgan fingerprint density at radius 2 is 2.00 bits per heavy atom. The van der Waals surface area contributed by atoms with Gasteiger partial charge in [-0.15, -0.1) is 11.3 Å². The van der Waals surface area contributed by atoms with Crippen LogP contribution in [0.5, 0.6) is 0 Å². The van der Waals surface area contributed by atoms with Crippen molar-refractivity contribution in [1.29, 1.82) is 0 Å². The van der Waals surface area contributed by atoms with Crippen LogP contribution < -0.4 is 10.9 Å². The van der Waals surface area contributed by atoms with Crippen LogP contribution in [0.1, 0.15) is 26.6 Å². The molecule has 2 heterocycles. The van der Waals surface area contributed by atoms with E-state index in [9.17, 15) is 19.7 Å². The number of benzene rings is 1. The number of carbonyl (C=O) groups is 1. The number of nitrogens with one attached hydrogen (secondary N) is 1. The van der Waals surface area contributed by atoms with Crippen molar-refractivity contribution in [3.05, 3.63) is 72.6 Å². The van der Waals surface area contributed by atoms with Gasteiger partial charge in [-0.2, -0.15) is 5.10 Å². The van der Waals surface area contributed by atoms with E-state index in [1.807, 2.05) is 13.8 Å². The van der Waals surface area contributed by atoms with Crippen LogP contribution >= 0.6 is 11.3 Å². The zero-order valence-electron chi connectivity index (χ0n) is 16.1. The summed E-state index contributed by atoms with van der Waals surface area (Å²) in [5.41, 5.74) is 1.93. The van der Waals surface area contributed by atoms with Gasteiger partial charge in [0.05, 0.1) is 27.0 Å². The molecule has 0 aliphatic heterocycles. The van der Waals surface area contributed by atoms with Gasteiger partial charge >= 0.3 is 0 Å². The van der Waals surface area contributed by atoms with Crippen LogP contribution in [0.25, 0.3) is 10.6 Å². The number of thiazole rings is 1. The Hall–Kier alpha value is -3.40. The molecule has 29 heavy (non-hydrogen) atoms. The van der Waals surface area contributed by atoms with Crippen molar-refractivity contribution in [1.82, 2.24) is 20.1 Å². The lowest BCUT2D eigenvalue weighted by Crippen LogP contribution is -2.32. The Kier molecular flexibility index (Phi) is 5.83. The van der Waals surface area contributed by atoms with Gasteiger partial charge in [0.15, 0.2) is 0 Å². The first-order valence-electron chi connectivity index (χ1n) is 8.82. The molecule has 0 saturated carbocycles. The summed E-state index contributed by atoms with van der Waals surface area (Å²) in [5.74, 6) is -0.374. The highest BCUT2D eigenvalue weighted by Crippen LogP contribution is 2.27. The first kappa shape index (κ1) is 20.3. The topological polar surface area (TPSA) is 120 Å². The zero-order valence-corrected chi connectivity index (χ0v) is 16.9. The third-order valence-electron chi connectivity index (χ3n) is 4.27. The lowest BCUT2D eigenvalue weighted by molar-refractivity contribution is -0.385. The number of aryl methyl sites for hydroxylation is 3. The van der Waals surface area contributed by atoms with Gasteiger partial charge < -0.3 is 5.32 Å². The monoisotopic (exact) mass is 413 g/mol. The highest BCUT2D eigenvalue weighted by atomic mass is 32.1. The van der Waals surface area contributed by atoms with E-state index in [-0.39, 0.29) is 30.2 Å². The molecule has 1 aromatic carbocycles. The van der Waals surface area contributed by atoms with E-state index in [2.05, 4.69) is 15.4 Å². The molecule has 0 fully saturated rings. The number of nitro groups is 1. The minimum atomic E-state index is -0.492. The Morgan fingerprint density at radius 1 is 1.24 bits per heavy atom. The number of carbonyl (C=O) groups excluding carboxylic acids is 1. The molecule has 2 aromatic heterocycles. The summed E-state index contributed by atoms with van der Waals surface area (Å²) < 4.78 is 1.30. The maximum Gasteiger partial charge on any atom is 0.272 e. The van der Waals surface area contributed by atoms with E-state index >= 15 is 0 Å². The molecule has 0 bridgehead atoms. The molecule has 1 amide bonds. The highest BCUT2D eigenvalue weighted by molar-refractivity contribution is 7.15. The molecule has 0 aliphatic rings.